The van der Waals surface area contributed by atoms with Gasteiger partial charge in [0.15, 0.2) is 0 Å². The van der Waals surface area contributed by atoms with E-state index in [4.69, 9.17) is 27.5 Å². The Kier molecular flexibility index (Phi) is 11.1. The van der Waals surface area contributed by atoms with E-state index >= 15 is 0 Å². The first-order valence-corrected chi connectivity index (χ1v) is 7.79. The van der Waals surface area contributed by atoms with Crippen molar-refractivity contribution < 1.29 is 27.5 Å². The molecule has 0 spiro atoms. The van der Waals surface area contributed by atoms with Crippen LogP contribution < -0.4 is 0 Å². The summed E-state index contributed by atoms with van der Waals surface area (Å²) >= 11 is 0. The van der Waals surface area contributed by atoms with E-state index in [-0.39, 0.29) is 0 Å². The molecule has 0 atom stereocenters. The van der Waals surface area contributed by atoms with Gasteiger partial charge in [-0.2, -0.15) is 0 Å². The molecule has 17 heavy (non-hydrogen) atoms. The van der Waals surface area contributed by atoms with Crippen molar-refractivity contribution in [2.24, 2.45) is 0 Å². The second-order valence-electron chi connectivity index (χ2n) is 3.39. The molecule has 0 saturated carbocycles. The summed E-state index contributed by atoms with van der Waals surface area (Å²) in [6, 6.07) is 0. The highest BCUT2D eigenvalue weighted by Crippen LogP contribution is 2.09. The summed E-state index contributed by atoms with van der Waals surface area (Å²) in [6.45, 7) is 4.78. The first-order chi connectivity index (χ1) is 8.18. The number of hydrogen-bond donors (Lipinski definition) is 0. The Bertz CT molecular complexity index is 142. The summed E-state index contributed by atoms with van der Waals surface area (Å²) < 4.78 is 31.6. The maximum absolute atomic E-state index is 5.62. The van der Waals surface area contributed by atoms with Gasteiger partial charge in [-0.15, -0.1) is 0 Å². The van der Waals surface area contributed by atoms with E-state index in [1.54, 1.807) is 21.3 Å². The zero-order valence-electron chi connectivity index (χ0n) is 11.2. The molecule has 0 fully saturated rings. The third kappa shape index (κ3) is 9.66. The molecule has 0 saturated heterocycles. The Morgan fingerprint density at radius 3 is 1.12 bits per heavy atom. The van der Waals surface area contributed by atoms with Gasteiger partial charge in [0.05, 0.1) is 39.6 Å². The Hall–Kier alpha value is -0.0231. The van der Waals surface area contributed by atoms with Gasteiger partial charge >= 0.3 is 8.80 Å². The van der Waals surface area contributed by atoms with Crippen molar-refractivity contribution in [3.8, 4) is 0 Å². The SMILES string of the molecule is COCCO[Si](C)(OCCOC)OCCOC. The highest BCUT2D eigenvalue weighted by Gasteiger charge is 2.34. The lowest BCUT2D eigenvalue weighted by Crippen LogP contribution is -2.44. The van der Waals surface area contributed by atoms with Crippen molar-refractivity contribution in [3.63, 3.8) is 0 Å². The molecule has 104 valence electrons. The molecular weight excluding hydrogens is 244 g/mol. The van der Waals surface area contributed by atoms with Crippen molar-refractivity contribution in [2.45, 2.75) is 6.55 Å². The lowest BCUT2D eigenvalue weighted by molar-refractivity contribution is 0.0191. The van der Waals surface area contributed by atoms with E-state index in [9.17, 15) is 0 Å². The van der Waals surface area contributed by atoms with Crippen molar-refractivity contribution >= 4 is 8.80 Å². The maximum atomic E-state index is 5.62. The molecule has 0 radical (unpaired) electrons. The summed E-state index contributed by atoms with van der Waals surface area (Å²) in [6.07, 6.45) is 0. The molecule has 0 heterocycles. The zero-order chi connectivity index (χ0) is 13.0. The second-order valence-corrected chi connectivity index (χ2v) is 5.98. The number of rotatable bonds is 12. The third-order valence-electron chi connectivity index (χ3n) is 1.96. The Morgan fingerprint density at radius 1 is 0.588 bits per heavy atom. The van der Waals surface area contributed by atoms with E-state index in [1.165, 1.54) is 0 Å². The predicted molar refractivity (Wildman–Crippen MR) is 65.1 cm³/mol. The summed E-state index contributed by atoms with van der Waals surface area (Å²) in [4.78, 5) is 0. The minimum atomic E-state index is -2.60. The van der Waals surface area contributed by atoms with Gasteiger partial charge in [0.2, 0.25) is 0 Å². The quantitative estimate of drug-likeness (QED) is 0.380. The van der Waals surface area contributed by atoms with Gasteiger partial charge in [-0.3, -0.25) is 0 Å². The van der Waals surface area contributed by atoms with Gasteiger partial charge in [-0.05, 0) is 0 Å². The smallest absolute Gasteiger partial charge is 0.382 e. The normalized spacial score (nSPS) is 12.0. The van der Waals surface area contributed by atoms with Crippen LogP contribution in [0.5, 0.6) is 0 Å². The standard InChI is InChI=1S/C10H24O6Si/c1-11-5-8-14-17(4,15-9-6-12-2)16-10-7-13-3/h5-10H2,1-4H3. The van der Waals surface area contributed by atoms with E-state index in [0.29, 0.717) is 39.6 Å². The van der Waals surface area contributed by atoms with Crippen molar-refractivity contribution in [3.05, 3.63) is 0 Å². The second kappa shape index (κ2) is 11.1. The van der Waals surface area contributed by atoms with Gasteiger partial charge in [0, 0.05) is 27.9 Å². The summed E-state index contributed by atoms with van der Waals surface area (Å²) in [5.41, 5.74) is 0. The monoisotopic (exact) mass is 268 g/mol. The Labute approximate surface area is 104 Å². The lowest BCUT2D eigenvalue weighted by Gasteiger charge is -2.25. The zero-order valence-corrected chi connectivity index (χ0v) is 12.2. The van der Waals surface area contributed by atoms with Crippen LogP contribution in [-0.4, -0.2) is 69.8 Å². The van der Waals surface area contributed by atoms with Crippen LogP contribution >= 0.6 is 0 Å². The third-order valence-corrected chi connectivity index (χ3v) is 4.14. The van der Waals surface area contributed by atoms with Crippen LogP contribution in [0, 0.1) is 0 Å². The molecule has 0 amide bonds. The van der Waals surface area contributed by atoms with Gasteiger partial charge in [0.1, 0.15) is 0 Å². The molecule has 0 aromatic carbocycles. The van der Waals surface area contributed by atoms with E-state index in [0.717, 1.165) is 0 Å². The average Bonchev–Trinajstić information content (AvgIpc) is 2.30. The van der Waals surface area contributed by atoms with Crippen LogP contribution in [0.25, 0.3) is 0 Å². The molecule has 0 aromatic rings. The molecule has 0 bridgehead atoms. The topological polar surface area (TPSA) is 55.4 Å². The summed E-state index contributed by atoms with van der Waals surface area (Å²) in [5.74, 6) is 0. The predicted octanol–water partition coefficient (Wildman–Crippen LogP) is 0.544. The van der Waals surface area contributed by atoms with Crippen LogP contribution in [0.1, 0.15) is 0 Å². The highest BCUT2D eigenvalue weighted by molar-refractivity contribution is 6.59. The molecule has 7 heteroatoms. The van der Waals surface area contributed by atoms with Gasteiger partial charge < -0.3 is 27.5 Å². The highest BCUT2D eigenvalue weighted by atomic mass is 28.4. The van der Waals surface area contributed by atoms with E-state index in [2.05, 4.69) is 0 Å². The number of ether oxygens (including phenoxy) is 3. The first kappa shape index (κ1) is 17.0. The minimum Gasteiger partial charge on any atom is -0.382 e. The van der Waals surface area contributed by atoms with E-state index in [1.807, 2.05) is 6.55 Å². The molecule has 0 aromatic heterocycles. The van der Waals surface area contributed by atoms with Crippen LogP contribution in [0.3, 0.4) is 0 Å². The minimum absolute atomic E-state index is 0.458. The molecule has 0 aliphatic carbocycles. The molecular formula is C10H24O6Si. The van der Waals surface area contributed by atoms with Crippen molar-refractivity contribution in [1.82, 2.24) is 0 Å². The van der Waals surface area contributed by atoms with Crippen LogP contribution in [0.15, 0.2) is 0 Å². The van der Waals surface area contributed by atoms with Gasteiger partial charge in [0.25, 0.3) is 0 Å². The first-order valence-electron chi connectivity index (χ1n) is 5.57. The van der Waals surface area contributed by atoms with Crippen molar-refractivity contribution in [1.29, 1.82) is 0 Å². The summed E-state index contributed by atoms with van der Waals surface area (Å²) in [5, 5.41) is 0. The number of hydrogen-bond acceptors (Lipinski definition) is 6. The van der Waals surface area contributed by atoms with Gasteiger partial charge in [-0.25, -0.2) is 0 Å². The van der Waals surface area contributed by atoms with Crippen molar-refractivity contribution in [2.75, 3.05) is 61.0 Å². The van der Waals surface area contributed by atoms with E-state index < -0.39 is 8.80 Å². The number of methoxy groups -OCH3 is 3. The van der Waals surface area contributed by atoms with Gasteiger partial charge in [-0.1, -0.05) is 0 Å². The average molecular weight is 268 g/mol. The fourth-order valence-corrected chi connectivity index (χ4v) is 2.67. The Morgan fingerprint density at radius 2 is 0.882 bits per heavy atom. The molecule has 0 unspecified atom stereocenters. The van der Waals surface area contributed by atoms with Crippen LogP contribution in [0.2, 0.25) is 6.55 Å². The molecule has 0 aliphatic rings. The van der Waals surface area contributed by atoms with Crippen LogP contribution in [0.4, 0.5) is 0 Å². The Balaban J connectivity index is 3.95. The molecule has 0 N–H and O–H groups in total. The molecule has 6 nitrogen and oxygen atoms in total. The molecule has 0 rings (SSSR count). The lowest BCUT2D eigenvalue weighted by atomic mass is 10.8. The maximum Gasteiger partial charge on any atom is 0.497 e. The van der Waals surface area contributed by atoms with Crippen LogP contribution in [-0.2, 0) is 27.5 Å². The largest absolute Gasteiger partial charge is 0.497 e. The summed E-state index contributed by atoms with van der Waals surface area (Å²) in [7, 11) is 2.27. The fraction of sp³-hybridized carbons (Fsp3) is 1.00. The molecule has 0 aliphatic heterocycles. The fourth-order valence-electron chi connectivity index (χ4n) is 1.06.